The normalized spacial score (nSPS) is 17.7. The number of alkyl halides is 1. The number of benzene rings is 1. The summed E-state index contributed by atoms with van der Waals surface area (Å²) in [7, 11) is 0. The van der Waals surface area contributed by atoms with Gasteiger partial charge in [0, 0.05) is 12.9 Å². The number of rotatable bonds is 2. The maximum absolute atomic E-state index is 5.78. The molecule has 3 nitrogen and oxygen atoms in total. The zero-order chi connectivity index (χ0) is 17.8. The summed E-state index contributed by atoms with van der Waals surface area (Å²) in [6.07, 6.45) is 3.91. The Bertz CT molecular complexity index is 526. The third-order valence-electron chi connectivity index (χ3n) is 2.86. The molecule has 0 unspecified atom stereocenters. The van der Waals surface area contributed by atoms with Crippen molar-refractivity contribution in [1.82, 2.24) is 0 Å². The lowest BCUT2D eigenvalue weighted by atomic mass is 9.90. The fourth-order valence-corrected chi connectivity index (χ4v) is 1.91. The van der Waals surface area contributed by atoms with Gasteiger partial charge >= 0.3 is 0 Å². The second-order valence-corrected chi connectivity index (χ2v) is 5.82. The first-order valence-electron chi connectivity index (χ1n) is 8.32. The fraction of sp³-hybridized carbons (Fsp3) is 0.579. The summed E-state index contributed by atoms with van der Waals surface area (Å²) in [5, 5.41) is 1.08. The van der Waals surface area contributed by atoms with Crippen molar-refractivity contribution in [3.8, 4) is 5.75 Å². The van der Waals surface area contributed by atoms with Crippen LogP contribution in [0.3, 0.4) is 0 Å². The molecule has 1 aliphatic carbocycles. The van der Waals surface area contributed by atoms with Gasteiger partial charge in [-0.25, -0.2) is 0 Å². The molecule has 0 atom stereocenters. The lowest BCUT2D eigenvalue weighted by Crippen LogP contribution is -2.43. The molecule has 3 rings (SSSR count). The maximum Gasteiger partial charge on any atom is 0.134 e. The van der Waals surface area contributed by atoms with Crippen LogP contribution in [0.4, 0.5) is 0 Å². The summed E-state index contributed by atoms with van der Waals surface area (Å²) in [6.45, 7) is 10.5. The lowest BCUT2D eigenvalue weighted by Gasteiger charge is -2.32. The van der Waals surface area contributed by atoms with E-state index >= 15 is 0 Å². The first kappa shape index (κ1) is 26.2. The van der Waals surface area contributed by atoms with E-state index in [9.17, 15) is 0 Å². The Kier molecular flexibility index (Phi) is 16.7. The molecule has 0 amide bonds. The van der Waals surface area contributed by atoms with Crippen molar-refractivity contribution >= 4 is 57.5 Å². The van der Waals surface area contributed by atoms with Gasteiger partial charge in [-0.2, -0.15) is 0 Å². The molecular weight excluding hydrogens is 528 g/mol. The highest BCUT2D eigenvalue weighted by Gasteiger charge is 2.27. The van der Waals surface area contributed by atoms with Gasteiger partial charge in [0.15, 0.2) is 0 Å². The number of ether oxygens (including phenoxy) is 1. The molecule has 0 saturated heterocycles. The molecular formula is C19H35I2NO2. The summed E-state index contributed by atoms with van der Waals surface area (Å²) in [6, 6.07) is 8.14. The van der Waals surface area contributed by atoms with E-state index in [0.717, 1.165) is 35.5 Å². The Morgan fingerprint density at radius 1 is 1.17 bits per heavy atom. The van der Waals surface area contributed by atoms with E-state index in [1.807, 2.05) is 43.0 Å². The van der Waals surface area contributed by atoms with Gasteiger partial charge in [0.25, 0.3) is 0 Å². The van der Waals surface area contributed by atoms with Crippen molar-refractivity contribution in [1.29, 1.82) is 0 Å². The monoisotopic (exact) mass is 563 g/mol. The Balaban J connectivity index is -0.000000425. The van der Waals surface area contributed by atoms with Crippen LogP contribution < -0.4 is 10.5 Å². The number of hydrogen-bond acceptors (Lipinski definition) is 3. The van der Waals surface area contributed by atoms with Gasteiger partial charge in [0.2, 0.25) is 0 Å². The number of nitrogens with two attached hydrogens (primary N) is 1. The van der Waals surface area contributed by atoms with Crippen LogP contribution in [0.1, 0.15) is 48.9 Å². The van der Waals surface area contributed by atoms with E-state index in [1.165, 1.54) is 0 Å². The van der Waals surface area contributed by atoms with Crippen LogP contribution in [0.15, 0.2) is 34.9 Å². The third-order valence-corrected chi connectivity index (χ3v) is 2.86. The van der Waals surface area contributed by atoms with Crippen molar-refractivity contribution < 1.29 is 10.6 Å². The van der Waals surface area contributed by atoms with Crippen LogP contribution in [0.2, 0.25) is 0 Å². The molecule has 1 aromatic carbocycles. The Morgan fingerprint density at radius 3 is 2.21 bits per heavy atom. The minimum atomic E-state index is 0. The summed E-state index contributed by atoms with van der Waals surface area (Å²) >= 11 is 2.15. The SMILES string of the molecule is CC.CC(C)C.CI.I.NC1CC(Oc2ccc3occc3c2)C1.[HH]. The lowest BCUT2D eigenvalue weighted by molar-refractivity contribution is 0.101. The van der Waals surface area contributed by atoms with E-state index in [1.54, 1.807) is 6.26 Å². The van der Waals surface area contributed by atoms with E-state index in [2.05, 4.69) is 43.4 Å². The van der Waals surface area contributed by atoms with Crippen molar-refractivity contribution in [2.45, 2.75) is 59.6 Å². The average Bonchev–Trinajstić information content (AvgIpc) is 2.97. The molecule has 0 bridgehead atoms. The topological polar surface area (TPSA) is 48.4 Å². The van der Waals surface area contributed by atoms with Crippen LogP contribution in [0.25, 0.3) is 11.0 Å². The summed E-state index contributed by atoms with van der Waals surface area (Å²) in [5.74, 6) is 1.74. The minimum absolute atomic E-state index is 0. The van der Waals surface area contributed by atoms with Gasteiger partial charge in [0.1, 0.15) is 17.4 Å². The molecule has 0 spiro atoms. The molecule has 5 heteroatoms. The standard InChI is InChI=1S/C12H13NO2.C4H10.C2H6.CH3I.HI.H2/c13-9-6-11(7-9)15-10-1-2-12-8(5-10)3-4-14-12;1-4(2)3;2*1-2;;/h1-5,9,11H,6-7,13H2;4H,1-3H3;1-2H3;1H3;2*1H. The van der Waals surface area contributed by atoms with Gasteiger partial charge < -0.3 is 14.9 Å². The minimum Gasteiger partial charge on any atom is -0.490 e. The quantitative estimate of drug-likeness (QED) is 0.320. The number of furan rings is 1. The number of fused-ring (bicyclic) bond motifs is 1. The van der Waals surface area contributed by atoms with Gasteiger partial charge in [-0.1, -0.05) is 57.2 Å². The molecule has 1 aliphatic rings. The zero-order valence-corrected chi connectivity index (χ0v) is 20.2. The highest BCUT2D eigenvalue weighted by atomic mass is 127. The van der Waals surface area contributed by atoms with E-state index in [-0.39, 0.29) is 25.4 Å². The molecule has 2 N–H and O–H groups in total. The zero-order valence-electron chi connectivity index (χ0n) is 15.7. The first-order chi connectivity index (χ1) is 11.0. The van der Waals surface area contributed by atoms with Gasteiger partial charge in [0.05, 0.1) is 6.26 Å². The van der Waals surface area contributed by atoms with Crippen molar-refractivity contribution in [2.75, 3.05) is 4.93 Å². The summed E-state index contributed by atoms with van der Waals surface area (Å²) in [4.78, 5) is 1.97. The van der Waals surface area contributed by atoms with Crippen molar-refractivity contribution in [3.63, 3.8) is 0 Å². The van der Waals surface area contributed by atoms with Crippen molar-refractivity contribution in [3.05, 3.63) is 30.5 Å². The van der Waals surface area contributed by atoms with Crippen molar-refractivity contribution in [2.24, 2.45) is 11.7 Å². The summed E-state index contributed by atoms with van der Waals surface area (Å²) < 4.78 is 11.0. The fourth-order valence-electron chi connectivity index (χ4n) is 1.91. The highest BCUT2D eigenvalue weighted by Crippen LogP contribution is 2.27. The molecule has 1 heterocycles. The van der Waals surface area contributed by atoms with E-state index in [0.29, 0.717) is 12.1 Å². The largest absolute Gasteiger partial charge is 0.490 e. The smallest absolute Gasteiger partial charge is 0.134 e. The van der Waals surface area contributed by atoms with Gasteiger partial charge in [-0.3, -0.25) is 0 Å². The van der Waals surface area contributed by atoms with Crippen LogP contribution in [-0.4, -0.2) is 17.1 Å². The van der Waals surface area contributed by atoms with Crippen LogP contribution in [-0.2, 0) is 0 Å². The Hall–Kier alpha value is -0.0200. The number of hydrogen-bond donors (Lipinski definition) is 1. The maximum atomic E-state index is 5.78. The predicted molar refractivity (Wildman–Crippen MR) is 127 cm³/mol. The Morgan fingerprint density at radius 2 is 1.71 bits per heavy atom. The second-order valence-electron chi connectivity index (χ2n) is 5.82. The molecule has 142 valence electrons. The van der Waals surface area contributed by atoms with Crippen LogP contribution in [0.5, 0.6) is 5.75 Å². The Labute approximate surface area is 179 Å². The van der Waals surface area contributed by atoms with E-state index < -0.39 is 0 Å². The summed E-state index contributed by atoms with van der Waals surface area (Å²) in [5.41, 5.74) is 6.60. The van der Waals surface area contributed by atoms with Crippen LogP contribution >= 0.6 is 46.6 Å². The predicted octanol–water partition coefficient (Wildman–Crippen LogP) is 6.91. The molecule has 0 aliphatic heterocycles. The highest BCUT2D eigenvalue weighted by molar-refractivity contribution is 14.1. The third kappa shape index (κ3) is 10.1. The molecule has 1 aromatic heterocycles. The molecule has 24 heavy (non-hydrogen) atoms. The average molecular weight is 563 g/mol. The van der Waals surface area contributed by atoms with Crippen LogP contribution in [0, 0.1) is 5.92 Å². The number of halogens is 2. The molecule has 2 aromatic rings. The van der Waals surface area contributed by atoms with Gasteiger partial charge in [-0.15, -0.1) is 24.0 Å². The first-order valence-corrected chi connectivity index (χ1v) is 10.5. The van der Waals surface area contributed by atoms with Gasteiger partial charge in [-0.05, 0) is 48.0 Å². The second kappa shape index (κ2) is 15.3. The molecule has 1 saturated carbocycles. The molecule has 1 fully saturated rings. The van der Waals surface area contributed by atoms with E-state index in [4.69, 9.17) is 14.9 Å². The molecule has 0 radical (unpaired) electrons.